The maximum atomic E-state index is 10.7. The number of piperidine rings is 1. The molecule has 0 atom stereocenters. The van der Waals surface area contributed by atoms with E-state index in [1.54, 1.807) is 0 Å². The van der Waals surface area contributed by atoms with Crippen molar-refractivity contribution >= 4 is 5.91 Å². The standard InChI is InChI=1S/C7H14N2O.2C2H6/c1-9-4-2-6(3-5-9)7(8)10;2*1-2/h6H,2-5H2,1H3,(H2,8,10);2*1-2H3. The number of nitrogens with two attached hydrogens (primary N) is 1. The largest absolute Gasteiger partial charge is 0.369 e. The fraction of sp³-hybridized carbons (Fsp3) is 0.909. The summed E-state index contributed by atoms with van der Waals surface area (Å²) in [5, 5.41) is 0. The molecular formula is C11H26N2O. The number of hydrogen-bond donors (Lipinski definition) is 1. The van der Waals surface area contributed by atoms with E-state index in [9.17, 15) is 4.79 Å². The molecule has 2 N–H and O–H groups in total. The van der Waals surface area contributed by atoms with Crippen LogP contribution in [0.15, 0.2) is 0 Å². The van der Waals surface area contributed by atoms with E-state index >= 15 is 0 Å². The first-order valence-electron chi connectivity index (χ1n) is 5.68. The van der Waals surface area contributed by atoms with Crippen LogP contribution >= 0.6 is 0 Å². The van der Waals surface area contributed by atoms with E-state index in [-0.39, 0.29) is 11.8 Å². The minimum Gasteiger partial charge on any atom is -0.369 e. The number of likely N-dealkylation sites (tertiary alicyclic amines) is 1. The number of carbonyl (C=O) groups is 1. The average Bonchev–Trinajstić information content (AvgIpc) is 2.24. The van der Waals surface area contributed by atoms with Crippen LogP contribution in [0.2, 0.25) is 0 Å². The van der Waals surface area contributed by atoms with Crippen LogP contribution in [0.25, 0.3) is 0 Å². The second-order valence-electron chi connectivity index (χ2n) is 2.98. The Morgan fingerprint density at radius 3 is 1.79 bits per heavy atom. The quantitative estimate of drug-likeness (QED) is 0.705. The Kier molecular flexibility index (Phi) is 11.9. The van der Waals surface area contributed by atoms with Gasteiger partial charge in [0.25, 0.3) is 0 Å². The minimum atomic E-state index is -0.131. The van der Waals surface area contributed by atoms with Crippen LogP contribution in [0.1, 0.15) is 40.5 Å². The summed E-state index contributed by atoms with van der Waals surface area (Å²) < 4.78 is 0. The zero-order chi connectivity index (χ0) is 11.6. The van der Waals surface area contributed by atoms with Crippen molar-refractivity contribution in [1.29, 1.82) is 0 Å². The van der Waals surface area contributed by atoms with E-state index in [1.807, 2.05) is 27.7 Å². The number of primary amides is 1. The van der Waals surface area contributed by atoms with Gasteiger partial charge in [0, 0.05) is 5.92 Å². The molecule has 0 aromatic heterocycles. The van der Waals surface area contributed by atoms with Crippen LogP contribution in [-0.2, 0) is 4.79 Å². The summed E-state index contributed by atoms with van der Waals surface area (Å²) in [5.41, 5.74) is 5.16. The number of amides is 1. The zero-order valence-electron chi connectivity index (χ0n) is 10.3. The molecule has 0 aliphatic carbocycles. The molecule has 1 rings (SSSR count). The van der Waals surface area contributed by atoms with Crippen molar-refractivity contribution in [3.05, 3.63) is 0 Å². The molecule has 3 nitrogen and oxygen atoms in total. The third-order valence-corrected chi connectivity index (χ3v) is 2.12. The Morgan fingerprint density at radius 2 is 1.50 bits per heavy atom. The minimum absolute atomic E-state index is 0.131. The zero-order valence-corrected chi connectivity index (χ0v) is 10.3. The monoisotopic (exact) mass is 202 g/mol. The highest BCUT2D eigenvalue weighted by atomic mass is 16.1. The summed E-state index contributed by atoms with van der Waals surface area (Å²) in [6.45, 7) is 10.0. The summed E-state index contributed by atoms with van der Waals surface area (Å²) >= 11 is 0. The molecule has 3 heteroatoms. The van der Waals surface area contributed by atoms with E-state index in [1.165, 1.54) is 0 Å². The Labute approximate surface area is 88.7 Å². The van der Waals surface area contributed by atoms with Crippen molar-refractivity contribution < 1.29 is 4.79 Å². The van der Waals surface area contributed by atoms with Gasteiger partial charge in [0.2, 0.25) is 5.91 Å². The van der Waals surface area contributed by atoms with E-state index in [2.05, 4.69) is 11.9 Å². The van der Waals surface area contributed by atoms with Crippen molar-refractivity contribution in [3.8, 4) is 0 Å². The molecule has 0 aromatic carbocycles. The third-order valence-electron chi connectivity index (χ3n) is 2.12. The molecule has 0 saturated carbocycles. The van der Waals surface area contributed by atoms with E-state index in [4.69, 9.17) is 5.73 Å². The first-order valence-corrected chi connectivity index (χ1v) is 5.68. The lowest BCUT2D eigenvalue weighted by Crippen LogP contribution is -2.36. The maximum Gasteiger partial charge on any atom is 0.220 e. The van der Waals surface area contributed by atoms with Crippen LogP contribution in [-0.4, -0.2) is 30.9 Å². The molecular weight excluding hydrogens is 176 g/mol. The Balaban J connectivity index is 0. The van der Waals surface area contributed by atoms with Gasteiger partial charge in [0.05, 0.1) is 0 Å². The topological polar surface area (TPSA) is 46.3 Å². The SMILES string of the molecule is CC.CC.CN1CCC(C(N)=O)CC1. The van der Waals surface area contributed by atoms with Crippen LogP contribution in [0, 0.1) is 5.92 Å². The number of hydrogen-bond acceptors (Lipinski definition) is 2. The molecule has 1 fully saturated rings. The third kappa shape index (κ3) is 6.89. The maximum absolute atomic E-state index is 10.7. The average molecular weight is 202 g/mol. The van der Waals surface area contributed by atoms with E-state index in [0.29, 0.717) is 0 Å². The summed E-state index contributed by atoms with van der Waals surface area (Å²) in [6, 6.07) is 0. The second kappa shape index (κ2) is 10.5. The van der Waals surface area contributed by atoms with Crippen molar-refractivity contribution in [2.45, 2.75) is 40.5 Å². The first kappa shape index (κ1) is 15.9. The van der Waals surface area contributed by atoms with Crippen LogP contribution in [0.4, 0.5) is 0 Å². The summed E-state index contributed by atoms with van der Waals surface area (Å²) in [7, 11) is 2.07. The lowest BCUT2D eigenvalue weighted by atomic mass is 9.97. The van der Waals surface area contributed by atoms with Gasteiger partial charge in [-0.15, -0.1) is 0 Å². The molecule has 1 aliphatic heterocycles. The molecule has 1 heterocycles. The van der Waals surface area contributed by atoms with Crippen molar-refractivity contribution in [3.63, 3.8) is 0 Å². The highest BCUT2D eigenvalue weighted by Crippen LogP contribution is 2.14. The summed E-state index contributed by atoms with van der Waals surface area (Å²) in [5.74, 6) is 0.00398. The number of rotatable bonds is 1. The smallest absolute Gasteiger partial charge is 0.220 e. The summed E-state index contributed by atoms with van der Waals surface area (Å²) in [4.78, 5) is 12.9. The molecule has 0 unspecified atom stereocenters. The Hall–Kier alpha value is -0.570. The molecule has 1 aliphatic rings. The predicted molar refractivity (Wildman–Crippen MR) is 62.1 cm³/mol. The normalized spacial score (nSPS) is 17.2. The fourth-order valence-corrected chi connectivity index (χ4v) is 1.29. The van der Waals surface area contributed by atoms with Gasteiger partial charge in [-0.2, -0.15) is 0 Å². The summed E-state index contributed by atoms with van der Waals surface area (Å²) in [6.07, 6.45) is 1.87. The Bertz CT molecular complexity index is 129. The molecule has 1 amide bonds. The van der Waals surface area contributed by atoms with Gasteiger partial charge in [-0.3, -0.25) is 4.79 Å². The van der Waals surface area contributed by atoms with Crippen molar-refractivity contribution in [2.24, 2.45) is 11.7 Å². The van der Waals surface area contributed by atoms with Crippen LogP contribution in [0.3, 0.4) is 0 Å². The van der Waals surface area contributed by atoms with Gasteiger partial charge < -0.3 is 10.6 Å². The molecule has 0 radical (unpaired) electrons. The molecule has 0 aromatic rings. The number of carbonyl (C=O) groups excluding carboxylic acids is 1. The lowest BCUT2D eigenvalue weighted by molar-refractivity contribution is -0.123. The lowest BCUT2D eigenvalue weighted by Gasteiger charge is -2.26. The van der Waals surface area contributed by atoms with Gasteiger partial charge in [0.15, 0.2) is 0 Å². The van der Waals surface area contributed by atoms with Gasteiger partial charge in [-0.05, 0) is 33.0 Å². The second-order valence-corrected chi connectivity index (χ2v) is 2.98. The molecule has 0 spiro atoms. The van der Waals surface area contributed by atoms with E-state index < -0.39 is 0 Å². The molecule has 14 heavy (non-hydrogen) atoms. The van der Waals surface area contributed by atoms with E-state index in [0.717, 1.165) is 25.9 Å². The fourth-order valence-electron chi connectivity index (χ4n) is 1.29. The predicted octanol–water partition coefficient (Wildman–Crippen LogP) is 1.87. The highest BCUT2D eigenvalue weighted by Gasteiger charge is 2.20. The van der Waals surface area contributed by atoms with Crippen molar-refractivity contribution in [2.75, 3.05) is 20.1 Å². The van der Waals surface area contributed by atoms with Gasteiger partial charge >= 0.3 is 0 Å². The highest BCUT2D eigenvalue weighted by molar-refractivity contribution is 5.76. The molecule has 1 saturated heterocycles. The van der Waals surface area contributed by atoms with Gasteiger partial charge in [-0.25, -0.2) is 0 Å². The van der Waals surface area contributed by atoms with Crippen LogP contribution < -0.4 is 5.73 Å². The van der Waals surface area contributed by atoms with Crippen LogP contribution in [0.5, 0.6) is 0 Å². The van der Waals surface area contributed by atoms with Gasteiger partial charge in [-0.1, -0.05) is 27.7 Å². The first-order chi connectivity index (χ1) is 6.70. The molecule has 0 bridgehead atoms. The van der Waals surface area contributed by atoms with Crippen molar-refractivity contribution in [1.82, 2.24) is 4.90 Å². The van der Waals surface area contributed by atoms with Gasteiger partial charge in [0.1, 0.15) is 0 Å². The number of nitrogens with zero attached hydrogens (tertiary/aromatic N) is 1. The Morgan fingerprint density at radius 1 is 1.14 bits per heavy atom. The molecule has 86 valence electrons.